The average molecular weight is 334 g/mol. The fourth-order valence-corrected chi connectivity index (χ4v) is 3.12. The summed E-state index contributed by atoms with van der Waals surface area (Å²) in [4.78, 5) is 14.5. The van der Waals surface area contributed by atoms with Gasteiger partial charge in [0.2, 0.25) is 0 Å². The van der Waals surface area contributed by atoms with Gasteiger partial charge in [-0.3, -0.25) is 4.79 Å². The number of hydrogen-bond acceptors (Lipinski definition) is 2. The summed E-state index contributed by atoms with van der Waals surface area (Å²) in [6, 6.07) is 17.7. The number of carbonyl (C=O) groups excluding carboxylic acids is 1. The molecule has 130 valence electrons. The molecule has 0 aliphatic carbocycles. The van der Waals surface area contributed by atoms with Gasteiger partial charge in [0.05, 0.1) is 11.6 Å². The van der Waals surface area contributed by atoms with Crippen LogP contribution in [0.2, 0.25) is 0 Å². The molecule has 2 aromatic rings. The largest absolute Gasteiger partial charge is 0.339 e. The fraction of sp³-hybridized carbons (Fsp3) is 0.364. The van der Waals surface area contributed by atoms with Crippen molar-refractivity contribution in [3.63, 3.8) is 0 Å². The van der Waals surface area contributed by atoms with E-state index in [1.54, 1.807) is 24.3 Å². The van der Waals surface area contributed by atoms with E-state index in [0.29, 0.717) is 17.0 Å². The van der Waals surface area contributed by atoms with E-state index in [1.807, 2.05) is 18.7 Å². The lowest BCUT2D eigenvalue weighted by Gasteiger charge is -2.32. The Kier molecular flexibility index (Phi) is 6.77. The molecule has 2 aromatic carbocycles. The first-order chi connectivity index (χ1) is 12.2. The van der Waals surface area contributed by atoms with Gasteiger partial charge in [-0.25, -0.2) is 0 Å². The second-order valence-electron chi connectivity index (χ2n) is 6.17. The van der Waals surface area contributed by atoms with Crippen molar-refractivity contribution in [1.82, 2.24) is 4.90 Å². The van der Waals surface area contributed by atoms with Crippen LogP contribution in [-0.2, 0) is 0 Å². The van der Waals surface area contributed by atoms with Crippen LogP contribution >= 0.6 is 0 Å². The minimum Gasteiger partial charge on any atom is -0.339 e. The number of amides is 1. The molecule has 0 atom stereocenters. The molecule has 1 aliphatic rings. The van der Waals surface area contributed by atoms with Crippen molar-refractivity contribution in [2.75, 3.05) is 13.1 Å². The summed E-state index contributed by atoms with van der Waals surface area (Å²) in [7, 11) is 0. The van der Waals surface area contributed by atoms with E-state index >= 15 is 0 Å². The molecule has 0 spiro atoms. The van der Waals surface area contributed by atoms with Crippen molar-refractivity contribution in [3.05, 3.63) is 70.8 Å². The second kappa shape index (κ2) is 9.03. The highest BCUT2D eigenvalue weighted by Gasteiger charge is 2.24. The van der Waals surface area contributed by atoms with Crippen LogP contribution in [0.3, 0.4) is 0 Å². The number of aryl methyl sites for hydroxylation is 1. The van der Waals surface area contributed by atoms with Crippen LogP contribution in [0.5, 0.6) is 0 Å². The molecule has 1 fully saturated rings. The molecule has 0 bridgehead atoms. The van der Waals surface area contributed by atoms with Gasteiger partial charge in [0.15, 0.2) is 0 Å². The SMILES string of the molecule is CC.Cc1ccc(C2CCN(C(=O)c3ccc(C#N)cc3)CC2)cc1. The Labute approximate surface area is 150 Å². The van der Waals surface area contributed by atoms with Gasteiger partial charge in [-0.2, -0.15) is 5.26 Å². The van der Waals surface area contributed by atoms with Gasteiger partial charge in [0, 0.05) is 18.7 Å². The van der Waals surface area contributed by atoms with Crippen LogP contribution in [-0.4, -0.2) is 23.9 Å². The molecule has 1 aliphatic heterocycles. The van der Waals surface area contributed by atoms with Gasteiger partial charge in [0.25, 0.3) is 5.91 Å². The Morgan fingerprint density at radius 1 is 1.00 bits per heavy atom. The van der Waals surface area contributed by atoms with E-state index < -0.39 is 0 Å². The predicted octanol–water partition coefficient (Wildman–Crippen LogP) is 4.91. The zero-order chi connectivity index (χ0) is 18.2. The molecule has 3 nitrogen and oxygen atoms in total. The zero-order valence-electron chi connectivity index (χ0n) is 15.3. The number of carbonyl (C=O) groups is 1. The third-order valence-corrected chi connectivity index (χ3v) is 4.59. The average Bonchev–Trinajstić information content (AvgIpc) is 2.70. The summed E-state index contributed by atoms with van der Waals surface area (Å²) in [5, 5.41) is 8.82. The Hall–Kier alpha value is -2.60. The maximum Gasteiger partial charge on any atom is 0.253 e. The monoisotopic (exact) mass is 334 g/mol. The maximum atomic E-state index is 12.5. The first kappa shape index (κ1) is 18.7. The molecule has 3 heteroatoms. The highest BCUT2D eigenvalue weighted by atomic mass is 16.2. The smallest absolute Gasteiger partial charge is 0.253 e. The number of piperidine rings is 1. The van der Waals surface area contributed by atoms with Crippen molar-refractivity contribution >= 4 is 5.91 Å². The van der Waals surface area contributed by atoms with Crippen molar-refractivity contribution in [1.29, 1.82) is 5.26 Å². The topological polar surface area (TPSA) is 44.1 Å². The van der Waals surface area contributed by atoms with Crippen molar-refractivity contribution in [2.45, 2.75) is 39.5 Å². The third-order valence-electron chi connectivity index (χ3n) is 4.59. The van der Waals surface area contributed by atoms with E-state index in [1.165, 1.54) is 11.1 Å². The summed E-state index contributed by atoms with van der Waals surface area (Å²) >= 11 is 0. The molecule has 1 heterocycles. The van der Waals surface area contributed by atoms with Gasteiger partial charge < -0.3 is 4.90 Å². The first-order valence-electron chi connectivity index (χ1n) is 9.03. The molecular weight excluding hydrogens is 308 g/mol. The van der Waals surface area contributed by atoms with Crippen molar-refractivity contribution < 1.29 is 4.79 Å². The number of likely N-dealkylation sites (tertiary alicyclic amines) is 1. The number of rotatable bonds is 2. The lowest BCUT2D eigenvalue weighted by atomic mass is 9.89. The molecule has 3 rings (SSSR count). The lowest BCUT2D eigenvalue weighted by molar-refractivity contribution is 0.0713. The molecule has 0 unspecified atom stereocenters. The van der Waals surface area contributed by atoms with Crippen molar-refractivity contribution in [2.24, 2.45) is 0 Å². The Balaban J connectivity index is 0.00000109. The second-order valence-corrected chi connectivity index (χ2v) is 6.17. The van der Waals surface area contributed by atoms with E-state index in [0.717, 1.165) is 25.9 Å². The van der Waals surface area contributed by atoms with Crippen LogP contribution < -0.4 is 0 Å². The minimum absolute atomic E-state index is 0.0665. The van der Waals surface area contributed by atoms with Crippen LogP contribution in [0.15, 0.2) is 48.5 Å². The minimum atomic E-state index is 0.0665. The summed E-state index contributed by atoms with van der Waals surface area (Å²) in [6.07, 6.45) is 2.01. The quantitative estimate of drug-likeness (QED) is 0.783. The highest BCUT2D eigenvalue weighted by Crippen LogP contribution is 2.28. The fourth-order valence-electron chi connectivity index (χ4n) is 3.12. The van der Waals surface area contributed by atoms with Gasteiger partial charge in [-0.15, -0.1) is 0 Å². The number of nitrogens with zero attached hydrogens (tertiary/aromatic N) is 2. The van der Waals surface area contributed by atoms with E-state index in [2.05, 4.69) is 37.3 Å². The summed E-state index contributed by atoms with van der Waals surface area (Å²) < 4.78 is 0. The Bertz CT molecular complexity index is 718. The van der Waals surface area contributed by atoms with Gasteiger partial charge in [0.1, 0.15) is 0 Å². The molecule has 25 heavy (non-hydrogen) atoms. The molecule has 0 N–H and O–H groups in total. The van der Waals surface area contributed by atoms with Crippen molar-refractivity contribution in [3.8, 4) is 6.07 Å². The first-order valence-corrected chi connectivity index (χ1v) is 9.03. The van der Waals surface area contributed by atoms with Crippen LogP contribution in [0.25, 0.3) is 0 Å². The molecule has 0 aromatic heterocycles. The van der Waals surface area contributed by atoms with Crippen LogP contribution in [0, 0.1) is 18.3 Å². The van der Waals surface area contributed by atoms with Gasteiger partial charge in [-0.05, 0) is 55.5 Å². The van der Waals surface area contributed by atoms with Crippen LogP contribution in [0.4, 0.5) is 0 Å². The normalized spacial score (nSPS) is 14.2. The summed E-state index contributed by atoms with van der Waals surface area (Å²) in [6.45, 7) is 7.68. The van der Waals surface area contributed by atoms with E-state index in [4.69, 9.17) is 5.26 Å². The lowest BCUT2D eigenvalue weighted by Crippen LogP contribution is -2.37. The van der Waals surface area contributed by atoms with E-state index in [9.17, 15) is 4.79 Å². The Morgan fingerprint density at radius 2 is 1.56 bits per heavy atom. The number of nitriles is 1. The zero-order valence-corrected chi connectivity index (χ0v) is 15.3. The maximum absolute atomic E-state index is 12.5. The summed E-state index contributed by atoms with van der Waals surface area (Å²) in [5.41, 5.74) is 3.90. The van der Waals surface area contributed by atoms with Crippen LogP contribution in [0.1, 0.15) is 59.7 Å². The molecule has 1 saturated heterocycles. The molecular formula is C22H26N2O. The molecule has 0 radical (unpaired) electrons. The number of benzene rings is 2. The van der Waals surface area contributed by atoms with E-state index in [-0.39, 0.29) is 5.91 Å². The predicted molar refractivity (Wildman–Crippen MR) is 102 cm³/mol. The number of hydrogen-bond donors (Lipinski definition) is 0. The standard InChI is InChI=1S/C20H20N2O.C2H6/c1-15-2-6-17(7-3-15)18-10-12-22(13-11-18)20(23)19-8-4-16(14-21)5-9-19;1-2/h2-9,18H,10-13H2,1H3;1-2H3. The van der Waals surface area contributed by atoms with Gasteiger partial charge >= 0.3 is 0 Å². The van der Waals surface area contributed by atoms with Gasteiger partial charge in [-0.1, -0.05) is 43.7 Å². The summed E-state index contributed by atoms with van der Waals surface area (Å²) in [5.74, 6) is 0.609. The highest BCUT2D eigenvalue weighted by molar-refractivity contribution is 5.94. The Morgan fingerprint density at radius 3 is 2.08 bits per heavy atom. The molecule has 1 amide bonds. The molecule has 0 saturated carbocycles. The third kappa shape index (κ3) is 4.70.